The zero-order valence-electron chi connectivity index (χ0n) is 8.76. The van der Waals surface area contributed by atoms with Gasteiger partial charge in [0.1, 0.15) is 5.82 Å². The molecule has 14 heavy (non-hydrogen) atoms. The Bertz CT molecular complexity index is 299. The molecule has 0 atom stereocenters. The van der Waals surface area contributed by atoms with Crippen molar-refractivity contribution in [3.63, 3.8) is 0 Å². The van der Waals surface area contributed by atoms with Crippen molar-refractivity contribution in [2.24, 2.45) is 0 Å². The average Bonchev–Trinajstić information content (AvgIpc) is 2.13. The highest BCUT2D eigenvalue weighted by molar-refractivity contribution is 5.47. The molecule has 1 aromatic rings. The summed E-state index contributed by atoms with van der Waals surface area (Å²) in [5, 5.41) is 0. The fraction of sp³-hybridized carbons (Fsp3) is 0.455. The maximum Gasteiger partial charge on any atom is 0.146 e. The molecule has 0 saturated heterocycles. The Morgan fingerprint density at radius 3 is 2.79 bits per heavy atom. The molecule has 0 saturated carbocycles. The maximum absolute atomic E-state index is 13.1. The quantitative estimate of drug-likeness (QED) is 0.748. The van der Waals surface area contributed by atoms with Gasteiger partial charge in [0, 0.05) is 6.54 Å². The zero-order chi connectivity index (χ0) is 10.6. The van der Waals surface area contributed by atoms with E-state index in [4.69, 9.17) is 5.73 Å². The highest BCUT2D eigenvalue weighted by atomic mass is 19.1. The monoisotopic (exact) mass is 196 g/mol. The van der Waals surface area contributed by atoms with Crippen molar-refractivity contribution in [1.82, 2.24) is 4.90 Å². The molecule has 0 unspecified atom stereocenters. The van der Waals surface area contributed by atoms with Crippen LogP contribution in [0, 0.1) is 5.82 Å². The van der Waals surface area contributed by atoms with Gasteiger partial charge < -0.3 is 10.6 Å². The van der Waals surface area contributed by atoms with E-state index in [1.807, 2.05) is 13.1 Å². The Labute approximate surface area is 84.5 Å². The number of nitrogens with two attached hydrogens (primary N) is 1. The van der Waals surface area contributed by atoms with E-state index in [1.54, 1.807) is 6.07 Å². The second-order valence-corrected chi connectivity index (χ2v) is 3.55. The summed E-state index contributed by atoms with van der Waals surface area (Å²) in [4.78, 5) is 2.13. The van der Waals surface area contributed by atoms with Crippen LogP contribution >= 0.6 is 0 Å². The lowest BCUT2D eigenvalue weighted by Crippen LogP contribution is -2.19. The number of halogens is 1. The SMILES string of the molecule is CCCN(C)Cc1cccc(F)c1N. The van der Waals surface area contributed by atoms with Gasteiger partial charge in [-0.15, -0.1) is 0 Å². The largest absolute Gasteiger partial charge is 0.396 e. The summed E-state index contributed by atoms with van der Waals surface area (Å²) in [6.07, 6.45) is 1.09. The molecule has 0 aromatic heterocycles. The van der Waals surface area contributed by atoms with E-state index in [-0.39, 0.29) is 11.5 Å². The summed E-state index contributed by atoms with van der Waals surface area (Å²) in [5.74, 6) is -0.326. The molecular weight excluding hydrogens is 179 g/mol. The molecule has 0 heterocycles. The van der Waals surface area contributed by atoms with Gasteiger partial charge in [-0.1, -0.05) is 19.1 Å². The van der Waals surface area contributed by atoms with E-state index < -0.39 is 0 Å². The number of hydrogen-bond acceptors (Lipinski definition) is 2. The molecular formula is C11H17FN2. The van der Waals surface area contributed by atoms with Crippen LogP contribution in [-0.4, -0.2) is 18.5 Å². The molecule has 3 heteroatoms. The first-order chi connectivity index (χ1) is 6.65. The van der Waals surface area contributed by atoms with Gasteiger partial charge in [0.05, 0.1) is 5.69 Å². The van der Waals surface area contributed by atoms with Crippen LogP contribution in [0.2, 0.25) is 0 Å². The fourth-order valence-electron chi connectivity index (χ4n) is 1.47. The van der Waals surface area contributed by atoms with Crippen LogP contribution in [0.15, 0.2) is 18.2 Å². The van der Waals surface area contributed by atoms with Gasteiger partial charge in [-0.3, -0.25) is 0 Å². The number of rotatable bonds is 4. The normalized spacial score (nSPS) is 10.9. The second kappa shape index (κ2) is 4.96. The number of nitrogens with zero attached hydrogens (tertiary/aromatic N) is 1. The minimum Gasteiger partial charge on any atom is -0.396 e. The summed E-state index contributed by atoms with van der Waals surface area (Å²) in [5.41, 5.74) is 6.76. The molecule has 78 valence electrons. The van der Waals surface area contributed by atoms with Gasteiger partial charge in [0.25, 0.3) is 0 Å². The van der Waals surface area contributed by atoms with Crippen molar-refractivity contribution < 1.29 is 4.39 Å². The molecule has 0 aliphatic carbocycles. The van der Waals surface area contributed by atoms with E-state index in [0.29, 0.717) is 6.54 Å². The van der Waals surface area contributed by atoms with Gasteiger partial charge in [-0.25, -0.2) is 4.39 Å². The van der Waals surface area contributed by atoms with Gasteiger partial charge in [-0.2, -0.15) is 0 Å². The number of hydrogen-bond donors (Lipinski definition) is 1. The van der Waals surface area contributed by atoms with Crippen molar-refractivity contribution in [3.8, 4) is 0 Å². The van der Waals surface area contributed by atoms with E-state index in [2.05, 4.69) is 11.8 Å². The third-order valence-electron chi connectivity index (χ3n) is 2.19. The van der Waals surface area contributed by atoms with E-state index in [0.717, 1.165) is 18.5 Å². The van der Waals surface area contributed by atoms with Crippen molar-refractivity contribution in [2.75, 3.05) is 19.3 Å². The van der Waals surface area contributed by atoms with Crippen LogP contribution in [0.25, 0.3) is 0 Å². The first kappa shape index (κ1) is 11.0. The minimum absolute atomic E-state index is 0.274. The van der Waals surface area contributed by atoms with Crippen molar-refractivity contribution in [2.45, 2.75) is 19.9 Å². The second-order valence-electron chi connectivity index (χ2n) is 3.55. The van der Waals surface area contributed by atoms with Gasteiger partial charge in [0.2, 0.25) is 0 Å². The lowest BCUT2D eigenvalue weighted by atomic mass is 10.1. The first-order valence-corrected chi connectivity index (χ1v) is 4.86. The van der Waals surface area contributed by atoms with Crippen molar-refractivity contribution in [3.05, 3.63) is 29.6 Å². The predicted octanol–water partition coefficient (Wildman–Crippen LogP) is 2.25. The maximum atomic E-state index is 13.1. The number of benzene rings is 1. The van der Waals surface area contributed by atoms with E-state index in [1.165, 1.54) is 6.07 Å². The molecule has 0 aliphatic rings. The summed E-state index contributed by atoms with van der Waals surface area (Å²) in [6, 6.07) is 4.95. The molecule has 0 bridgehead atoms. The Balaban J connectivity index is 2.71. The average molecular weight is 196 g/mol. The lowest BCUT2D eigenvalue weighted by molar-refractivity contribution is 0.327. The molecule has 0 spiro atoms. The van der Waals surface area contributed by atoms with Gasteiger partial charge in [0.15, 0.2) is 0 Å². The molecule has 0 fully saturated rings. The van der Waals surface area contributed by atoms with E-state index in [9.17, 15) is 4.39 Å². The van der Waals surface area contributed by atoms with Crippen LogP contribution in [0.5, 0.6) is 0 Å². The van der Waals surface area contributed by atoms with Crippen LogP contribution in [0.3, 0.4) is 0 Å². The van der Waals surface area contributed by atoms with E-state index >= 15 is 0 Å². The Morgan fingerprint density at radius 2 is 2.14 bits per heavy atom. The summed E-state index contributed by atoms with van der Waals surface area (Å²) in [7, 11) is 2.01. The standard InChI is InChI=1S/C11H17FN2/c1-3-7-14(2)8-9-5-4-6-10(12)11(9)13/h4-6H,3,7-8,13H2,1-2H3. The predicted molar refractivity (Wildman–Crippen MR) is 57.4 cm³/mol. The first-order valence-electron chi connectivity index (χ1n) is 4.86. The Kier molecular flexibility index (Phi) is 3.89. The molecule has 0 aliphatic heterocycles. The molecule has 1 rings (SSSR count). The zero-order valence-corrected chi connectivity index (χ0v) is 8.76. The fourth-order valence-corrected chi connectivity index (χ4v) is 1.47. The molecule has 2 N–H and O–H groups in total. The summed E-state index contributed by atoms with van der Waals surface area (Å²) >= 11 is 0. The van der Waals surface area contributed by atoms with Gasteiger partial charge >= 0.3 is 0 Å². The Hall–Kier alpha value is -1.09. The smallest absolute Gasteiger partial charge is 0.146 e. The molecule has 2 nitrogen and oxygen atoms in total. The number of nitrogen functional groups attached to an aromatic ring is 1. The van der Waals surface area contributed by atoms with Crippen LogP contribution in [-0.2, 0) is 6.54 Å². The van der Waals surface area contributed by atoms with Crippen LogP contribution in [0.4, 0.5) is 10.1 Å². The molecule has 0 radical (unpaired) electrons. The van der Waals surface area contributed by atoms with Crippen molar-refractivity contribution in [1.29, 1.82) is 0 Å². The summed E-state index contributed by atoms with van der Waals surface area (Å²) in [6.45, 7) is 3.82. The highest BCUT2D eigenvalue weighted by Gasteiger charge is 2.06. The van der Waals surface area contributed by atoms with Crippen molar-refractivity contribution >= 4 is 5.69 Å². The topological polar surface area (TPSA) is 29.3 Å². The summed E-state index contributed by atoms with van der Waals surface area (Å²) < 4.78 is 13.1. The third kappa shape index (κ3) is 2.70. The number of anilines is 1. The third-order valence-corrected chi connectivity index (χ3v) is 2.19. The van der Waals surface area contributed by atoms with Crippen LogP contribution < -0.4 is 5.73 Å². The highest BCUT2D eigenvalue weighted by Crippen LogP contribution is 2.17. The molecule has 1 aromatic carbocycles. The molecule has 0 amide bonds. The van der Waals surface area contributed by atoms with Gasteiger partial charge in [-0.05, 0) is 31.6 Å². The van der Waals surface area contributed by atoms with Crippen LogP contribution in [0.1, 0.15) is 18.9 Å². The lowest BCUT2D eigenvalue weighted by Gasteiger charge is -2.16. The minimum atomic E-state index is -0.326. The number of para-hydroxylation sites is 1. The Morgan fingerprint density at radius 1 is 1.43 bits per heavy atom.